The van der Waals surface area contributed by atoms with E-state index in [-0.39, 0.29) is 12.5 Å². The maximum atomic E-state index is 11.3. The SMILES string of the molecule is C[C@@H]1C[C@H](c2ccc(Nc3ccc4c(c3)OCC(=O)N4)cc2)CCO1. The molecule has 5 nitrogen and oxygen atoms in total. The molecule has 130 valence electrons. The van der Waals surface area contributed by atoms with Gasteiger partial charge in [-0.05, 0) is 55.5 Å². The first-order chi connectivity index (χ1) is 12.2. The van der Waals surface area contributed by atoms with Crippen LogP contribution < -0.4 is 15.4 Å². The molecule has 0 saturated carbocycles. The molecule has 0 bridgehead atoms. The van der Waals surface area contributed by atoms with Crippen LogP contribution in [0.1, 0.15) is 31.2 Å². The highest BCUT2D eigenvalue weighted by atomic mass is 16.5. The second-order valence-electron chi connectivity index (χ2n) is 6.70. The normalized spacial score (nSPS) is 22.5. The largest absolute Gasteiger partial charge is 0.482 e. The van der Waals surface area contributed by atoms with Gasteiger partial charge in [-0.15, -0.1) is 0 Å². The lowest BCUT2D eigenvalue weighted by Crippen LogP contribution is -2.25. The van der Waals surface area contributed by atoms with Gasteiger partial charge in [0.25, 0.3) is 5.91 Å². The third-order valence-corrected chi connectivity index (χ3v) is 4.77. The number of carbonyl (C=O) groups is 1. The lowest BCUT2D eigenvalue weighted by atomic mass is 9.89. The van der Waals surface area contributed by atoms with E-state index in [1.807, 2.05) is 18.2 Å². The molecule has 1 saturated heterocycles. The molecule has 5 heteroatoms. The van der Waals surface area contributed by atoms with Crippen molar-refractivity contribution in [2.24, 2.45) is 0 Å². The maximum Gasteiger partial charge on any atom is 0.262 e. The van der Waals surface area contributed by atoms with Gasteiger partial charge in [0, 0.05) is 24.0 Å². The zero-order valence-electron chi connectivity index (χ0n) is 14.2. The molecule has 0 spiro atoms. The Hall–Kier alpha value is -2.53. The fraction of sp³-hybridized carbons (Fsp3) is 0.350. The van der Waals surface area contributed by atoms with Crippen molar-refractivity contribution in [2.75, 3.05) is 23.8 Å². The van der Waals surface area contributed by atoms with Crippen LogP contribution in [-0.4, -0.2) is 25.2 Å². The first kappa shape index (κ1) is 16.0. The summed E-state index contributed by atoms with van der Waals surface area (Å²) in [6, 6.07) is 14.3. The summed E-state index contributed by atoms with van der Waals surface area (Å²) >= 11 is 0. The number of ether oxygens (including phenoxy) is 2. The molecular formula is C20H22N2O3. The summed E-state index contributed by atoms with van der Waals surface area (Å²) in [4.78, 5) is 11.3. The number of nitrogens with one attached hydrogen (secondary N) is 2. The van der Waals surface area contributed by atoms with Crippen LogP contribution in [0.3, 0.4) is 0 Å². The molecular weight excluding hydrogens is 316 g/mol. The van der Waals surface area contributed by atoms with Crippen LogP contribution in [0.5, 0.6) is 5.75 Å². The number of benzene rings is 2. The molecule has 2 aromatic carbocycles. The van der Waals surface area contributed by atoms with Gasteiger partial charge in [-0.3, -0.25) is 4.79 Å². The summed E-state index contributed by atoms with van der Waals surface area (Å²) < 4.78 is 11.1. The van der Waals surface area contributed by atoms with Crippen molar-refractivity contribution in [3.05, 3.63) is 48.0 Å². The van der Waals surface area contributed by atoms with E-state index in [4.69, 9.17) is 9.47 Å². The maximum absolute atomic E-state index is 11.3. The molecule has 2 aliphatic heterocycles. The molecule has 0 radical (unpaired) electrons. The van der Waals surface area contributed by atoms with Crippen molar-refractivity contribution in [2.45, 2.75) is 31.8 Å². The van der Waals surface area contributed by atoms with E-state index in [9.17, 15) is 4.79 Å². The highest BCUT2D eigenvalue weighted by Gasteiger charge is 2.20. The number of anilines is 3. The second kappa shape index (κ2) is 6.76. The van der Waals surface area contributed by atoms with Crippen molar-refractivity contribution in [3.8, 4) is 5.75 Å². The highest BCUT2D eigenvalue weighted by Crippen LogP contribution is 2.33. The Morgan fingerprint density at radius 2 is 1.92 bits per heavy atom. The fourth-order valence-electron chi connectivity index (χ4n) is 3.46. The lowest BCUT2D eigenvalue weighted by Gasteiger charge is -2.27. The van der Waals surface area contributed by atoms with Gasteiger partial charge in [0.05, 0.1) is 11.8 Å². The monoisotopic (exact) mass is 338 g/mol. The Labute approximate surface area is 147 Å². The Morgan fingerprint density at radius 1 is 1.12 bits per heavy atom. The van der Waals surface area contributed by atoms with Crippen LogP contribution in [0.4, 0.5) is 17.1 Å². The molecule has 2 aromatic rings. The van der Waals surface area contributed by atoms with Crippen LogP contribution in [-0.2, 0) is 9.53 Å². The number of fused-ring (bicyclic) bond motifs is 1. The van der Waals surface area contributed by atoms with E-state index in [0.29, 0.717) is 23.5 Å². The molecule has 4 rings (SSSR count). The first-order valence-electron chi connectivity index (χ1n) is 8.73. The van der Waals surface area contributed by atoms with E-state index < -0.39 is 0 Å². The zero-order chi connectivity index (χ0) is 17.2. The Bertz CT molecular complexity index is 773. The van der Waals surface area contributed by atoms with E-state index in [2.05, 4.69) is 41.8 Å². The zero-order valence-corrected chi connectivity index (χ0v) is 14.2. The Morgan fingerprint density at radius 3 is 2.72 bits per heavy atom. The number of hydrogen-bond donors (Lipinski definition) is 2. The van der Waals surface area contributed by atoms with Gasteiger partial charge < -0.3 is 20.1 Å². The second-order valence-corrected chi connectivity index (χ2v) is 6.70. The van der Waals surface area contributed by atoms with Crippen molar-refractivity contribution < 1.29 is 14.3 Å². The van der Waals surface area contributed by atoms with Crippen molar-refractivity contribution in [1.82, 2.24) is 0 Å². The van der Waals surface area contributed by atoms with E-state index in [0.717, 1.165) is 30.8 Å². The topological polar surface area (TPSA) is 59.6 Å². The fourth-order valence-corrected chi connectivity index (χ4v) is 3.46. The molecule has 0 unspecified atom stereocenters. The Balaban J connectivity index is 1.45. The van der Waals surface area contributed by atoms with Gasteiger partial charge >= 0.3 is 0 Å². The Kier molecular flexibility index (Phi) is 4.32. The van der Waals surface area contributed by atoms with Gasteiger partial charge in [0.2, 0.25) is 0 Å². The predicted octanol–water partition coefficient (Wildman–Crippen LogP) is 4.04. The first-order valence-corrected chi connectivity index (χ1v) is 8.73. The van der Waals surface area contributed by atoms with Gasteiger partial charge in [0.15, 0.2) is 6.61 Å². The van der Waals surface area contributed by atoms with E-state index in [1.165, 1.54) is 5.56 Å². The summed E-state index contributed by atoms with van der Waals surface area (Å²) in [5.74, 6) is 1.15. The molecule has 2 aliphatic rings. The number of rotatable bonds is 3. The van der Waals surface area contributed by atoms with Crippen LogP contribution >= 0.6 is 0 Å². The summed E-state index contributed by atoms with van der Waals surface area (Å²) in [5.41, 5.74) is 4.05. The molecule has 1 amide bonds. The van der Waals surface area contributed by atoms with Crippen molar-refractivity contribution in [3.63, 3.8) is 0 Å². The van der Waals surface area contributed by atoms with Crippen LogP contribution in [0.2, 0.25) is 0 Å². The van der Waals surface area contributed by atoms with Gasteiger partial charge in [0.1, 0.15) is 5.75 Å². The standard InChI is InChI=1S/C20H22N2O3/c1-13-10-15(8-9-24-13)14-2-4-16(5-3-14)21-17-6-7-18-19(11-17)25-12-20(23)22-18/h2-7,11,13,15,21H,8-10,12H2,1H3,(H,22,23)/t13-,15-/m1/s1. The van der Waals surface area contributed by atoms with Crippen molar-refractivity contribution >= 4 is 23.0 Å². The molecule has 2 N–H and O–H groups in total. The molecule has 1 fully saturated rings. The van der Waals surface area contributed by atoms with Gasteiger partial charge in [-0.25, -0.2) is 0 Å². The molecule has 0 aliphatic carbocycles. The minimum absolute atomic E-state index is 0.0642. The van der Waals surface area contributed by atoms with Gasteiger partial charge in [-0.2, -0.15) is 0 Å². The van der Waals surface area contributed by atoms with E-state index >= 15 is 0 Å². The average molecular weight is 338 g/mol. The molecule has 2 heterocycles. The summed E-state index contributed by atoms with van der Waals surface area (Å²) in [6.45, 7) is 3.05. The number of carbonyl (C=O) groups excluding carboxylic acids is 1. The quantitative estimate of drug-likeness (QED) is 0.886. The van der Waals surface area contributed by atoms with Gasteiger partial charge in [-0.1, -0.05) is 12.1 Å². The average Bonchev–Trinajstić information content (AvgIpc) is 2.62. The third-order valence-electron chi connectivity index (χ3n) is 4.77. The minimum Gasteiger partial charge on any atom is -0.482 e. The highest BCUT2D eigenvalue weighted by molar-refractivity contribution is 5.95. The summed E-state index contributed by atoms with van der Waals surface area (Å²) in [7, 11) is 0. The third kappa shape index (κ3) is 3.61. The number of hydrogen-bond acceptors (Lipinski definition) is 4. The number of amides is 1. The van der Waals surface area contributed by atoms with Crippen LogP contribution in [0, 0.1) is 0 Å². The molecule has 0 aromatic heterocycles. The van der Waals surface area contributed by atoms with E-state index in [1.54, 1.807) is 0 Å². The minimum atomic E-state index is -0.119. The summed E-state index contributed by atoms with van der Waals surface area (Å²) in [5, 5.41) is 6.18. The predicted molar refractivity (Wildman–Crippen MR) is 97.7 cm³/mol. The van der Waals surface area contributed by atoms with Crippen LogP contribution in [0.25, 0.3) is 0 Å². The smallest absolute Gasteiger partial charge is 0.262 e. The lowest BCUT2D eigenvalue weighted by molar-refractivity contribution is -0.118. The molecule has 25 heavy (non-hydrogen) atoms. The molecule has 2 atom stereocenters. The van der Waals surface area contributed by atoms with Crippen LogP contribution in [0.15, 0.2) is 42.5 Å². The summed E-state index contributed by atoms with van der Waals surface area (Å²) in [6.07, 6.45) is 2.51. The van der Waals surface area contributed by atoms with Crippen molar-refractivity contribution in [1.29, 1.82) is 0 Å².